The maximum Gasteiger partial charge on any atom is 0.134 e. The molecule has 1 fully saturated rings. The number of nitrogens with zero attached hydrogens (tertiary/aromatic N) is 2. The van der Waals surface area contributed by atoms with Crippen molar-refractivity contribution in [1.82, 2.24) is 9.55 Å². The molecule has 0 aliphatic heterocycles. The summed E-state index contributed by atoms with van der Waals surface area (Å²) in [6.07, 6.45) is 7.58. The molecule has 2 unspecified atom stereocenters. The van der Waals surface area contributed by atoms with Crippen molar-refractivity contribution in [2.45, 2.75) is 25.9 Å². The minimum Gasteiger partial charge on any atom is -0.373 e. The Morgan fingerprint density at radius 2 is 2.31 bits per heavy atom. The Morgan fingerprint density at radius 3 is 3.00 bits per heavy atom. The molecule has 4 heteroatoms. The molecule has 0 saturated heterocycles. The van der Waals surface area contributed by atoms with Crippen LogP contribution < -0.4 is 5.73 Å². The van der Waals surface area contributed by atoms with E-state index >= 15 is 0 Å². The molecular weight excluding hydrogens is 202 g/mol. The predicted molar refractivity (Wildman–Crippen MR) is 62.7 cm³/mol. The lowest BCUT2D eigenvalue weighted by atomic mass is 9.97. The number of imidazole rings is 1. The standard InChI is InChI=1S/C12H21N3O/c1-15-6-5-14-12(15)9-16-8-11-4-2-3-10(11)7-13/h5-6,10-11H,2-4,7-9,13H2,1H3. The third kappa shape index (κ3) is 2.62. The molecule has 2 rings (SSSR count). The number of aryl methyl sites for hydroxylation is 1. The van der Waals surface area contributed by atoms with Crippen LogP contribution in [0.25, 0.3) is 0 Å². The average Bonchev–Trinajstić information content (AvgIpc) is 2.88. The highest BCUT2D eigenvalue weighted by Gasteiger charge is 2.25. The Balaban J connectivity index is 1.74. The Morgan fingerprint density at radius 1 is 1.50 bits per heavy atom. The van der Waals surface area contributed by atoms with Crippen molar-refractivity contribution < 1.29 is 4.74 Å². The number of hydrogen-bond acceptors (Lipinski definition) is 3. The maximum absolute atomic E-state index is 5.74. The highest BCUT2D eigenvalue weighted by Crippen LogP contribution is 2.31. The zero-order valence-corrected chi connectivity index (χ0v) is 9.93. The first-order valence-electron chi connectivity index (χ1n) is 6.05. The van der Waals surface area contributed by atoms with Crippen molar-refractivity contribution in [2.24, 2.45) is 24.6 Å². The summed E-state index contributed by atoms with van der Waals surface area (Å²) < 4.78 is 7.73. The Bertz CT molecular complexity index is 324. The van der Waals surface area contributed by atoms with Gasteiger partial charge in [-0.1, -0.05) is 6.42 Å². The molecule has 1 saturated carbocycles. The van der Waals surface area contributed by atoms with Crippen molar-refractivity contribution >= 4 is 0 Å². The van der Waals surface area contributed by atoms with Gasteiger partial charge in [-0.2, -0.15) is 0 Å². The van der Waals surface area contributed by atoms with Gasteiger partial charge < -0.3 is 15.0 Å². The van der Waals surface area contributed by atoms with Gasteiger partial charge in [-0.25, -0.2) is 4.98 Å². The lowest BCUT2D eigenvalue weighted by molar-refractivity contribution is 0.0701. The van der Waals surface area contributed by atoms with E-state index in [1.807, 2.05) is 17.8 Å². The van der Waals surface area contributed by atoms with Gasteiger partial charge in [-0.3, -0.25) is 0 Å². The van der Waals surface area contributed by atoms with Crippen LogP contribution in [0.2, 0.25) is 0 Å². The molecule has 0 amide bonds. The van der Waals surface area contributed by atoms with E-state index in [-0.39, 0.29) is 0 Å². The first-order valence-corrected chi connectivity index (χ1v) is 6.05. The lowest BCUT2D eigenvalue weighted by Gasteiger charge is -2.17. The second-order valence-corrected chi connectivity index (χ2v) is 4.66. The lowest BCUT2D eigenvalue weighted by Crippen LogP contribution is -2.22. The normalized spacial score (nSPS) is 25.1. The quantitative estimate of drug-likeness (QED) is 0.819. The van der Waals surface area contributed by atoms with Crippen LogP contribution in [0.15, 0.2) is 12.4 Å². The molecule has 90 valence electrons. The highest BCUT2D eigenvalue weighted by atomic mass is 16.5. The molecule has 1 aromatic rings. The van der Waals surface area contributed by atoms with Crippen LogP contribution in [0.1, 0.15) is 25.1 Å². The molecular formula is C12H21N3O. The second-order valence-electron chi connectivity index (χ2n) is 4.66. The van der Waals surface area contributed by atoms with E-state index < -0.39 is 0 Å². The number of aromatic nitrogens is 2. The smallest absolute Gasteiger partial charge is 0.134 e. The van der Waals surface area contributed by atoms with Crippen LogP contribution in [0.3, 0.4) is 0 Å². The summed E-state index contributed by atoms with van der Waals surface area (Å²) >= 11 is 0. The number of ether oxygens (including phenoxy) is 1. The molecule has 2 N–H and O–H groups in total. The molecule has 0 spiro atoms. The zero-order valence-electron chi connectivity index (χ0n) is 9.93. The fourth-order valence-electron chi connectivity index (χ4n) is 2.48. The fraction of sp³-hybridized carbons (Fsp3) is 0.750. The predicted octanol–water partition coefficient (Wildman–Crippen LogP) is 1.31. The van der Waals surface area contributed by atoms with Crippen LogP contribution in [0, 0.1) is 11.8 Å². The first kappa shape index (κ1) is 11.6. The second kappa shape index (κ2) is 5.46. The third-order valence-corrected chi connectivity index (χ3v) is 3.60. The van der Waals surface area contributed by atoms with E-state index in [0.717, 1.165) is 19.0 Å². The summed E-state index contributed by atoms with van der Waals surface area (Å²) in [4.78, 5) is 4.23. The summed E-state index contributed by atoms with van der Waals surface area (Å²) in [6, 6.07) is 0. The molecule has 1 aliphatic carbocycles. The van der Waals surface area contributed by atoms with Crippen molar-refractivity contribution in [2.75, 3.05) is 13.2 Å². The maximum atomic E-state index is 5.74. The molecule has 4 nitrogen and oxygen atoms in total. The van der Waals surface area contributed by atoms with Crippen LogP contribution in [0.5, 0.6) is 0 Å². The van der Waals surface area contributed by atoms with Gasteiger partial charge in [0.1, 0.15) is 12.4 Å². The first-order chi connectivity index (χ1) is 7.81. The molecule has 1 aliphatic rings. The molecule has 0 aromatic carbocycles. The zero-order chi connectivity index (χ0) is 11.4. The average molecular weight is 223 g/mol. The number of hydrogen-bond donors (Lipinski definition) is 1. The van der Waals surface area contributed by atoms with Crippen molar-refractivity contribution in [3.63, 3.8) is 0 Å². The monoisotopic (exact) mass is 223 g/mol. The van der Waals surface area contributed by atoms with Gasteiger partial charge in [0.05, 0.1) is 6.61 Å². The van der Waals surface area contributed by atoms with Crippen molar-refractivity contribution in [3.05, 3.63) is 18.2 Å². The van der Waals surface area contributed by atoms with E-state index in [4.69, 9.17) is 10.5 Å². The molecule has 0 radical (unpaired) electrons. The van der Waals surface area contributed by atoms with Gasteiger partial charge in [0.25, 0.3) is 0 Å². The van der Waals surface area contributed by atoms with Crippen LogP contribution in [-0.4, -0.2) is 22.7 Å². The van der Waals surface area contributed by atoms with Crippen LogP contribution in [0.4, 0.5) is 0 Å². The summed E-state index contributed by atoms with van der Waals surface area (Å²) in [7, 11) is 1.99. The summed E-state index contributed by atoms with van der Waals surface area (Å²) in [5.41, 5.74) is 5.74. The van der Waals surface area contributed by atoms with Gasteiger partial charge >= 0.3 is 0 Å². The largest absolute Gasteiger partial charge is 0.373 e. The summed E-state index contributed by atoms with van der Waals surface area (Å²) in [6.45, 7) is 2.24. The summed E-state index contributed by atoms with van der Waals surface area (Å²) in [5, 5.41) is 0. The van der Waals surface area contributed by atoms with Crippen molar-refractivity contribution in [1.29, 1.82) is 0 Å². The van der Waals surface area contributed by atoms with Gasteiger partial charge in [-0.05, 0) is 31.2 Å². The Hall–Kier alpha value is -0.870. The molecule has 16 heavy (non-hydrogen) atoms. The topological polar surface area (TPSA) is 53.1 Å². The number of nitrogens with two attached hydrogens (primary N) is 1. The van der Waals surface area contributed by atoms with E-state index in [1.165, 1.54) is 19.3 Å². The molecule has 1 aromatic heterocycles. The van der Waals surface area contributed by atoms with E-state index in [1.54, 1.807) is 6.20 Å². The van der Waals surface area contributed by atoms with Crippen LogP contribution in [-0.2, 0) is 18.4 Å². The van der Waals surface area contributed by atoms with E-state index in [2.05, 4.69) is 4.98 Å². The highest BCUT2D eigenvalue weighted by molar-refractivity contribution is 4.88. The van der Waals surface area contributed by atoms with Crippen molar-refractivity contribution in [3.8, 4) is 0 Å². The minimum absolute atomic E-state index is 0.608. The minimum atomic E-state index is 0.608. The fourth-order valence-corrected chi connectivity index (χ4v) is 2.48. The van der Waals surface area contributed by atoms with Gasteiger partial charge in [0.2, 0.25) is 0 Å². The Kier molecular flexibility index (Phi) is 3.96. The van der Waals surface area contributed by atoms with Gasteiger partial charge in [0, 0.05) is 19.4 Å². The third-order valence-electron chi connectivity index (χ3n) is 3.60. The summed E-state index contributed by atoms with van der Waals surface area (Å²) in [5.74, 6) is 2.31. The SMILES string of the molecule is Cn1ccnc1COCC1CCCC1CN. The molecule has 0 bridgehead atoms. The van der Waals surface area contributed by atoms with E-state index in [0.29, 0.717) is 18.4 Å². The van der Waals surface area contributed by atoms with Gasteiger partial charge in [0.15, 0.2) is 0 Å². The Labute approximate surface area is 96.8 Å². The van der Waals surface area contributed by atoms with E-state index in [9.17, 15) is 0 Å². The molecule has 1 heterocycles. The molecule has 2 atom stereocenters. The number of rotatable bonds is 5. The van der Waals surface area contributed by atoms with Gasteiger partial charge in [-0.15, -0.1) is 0 Å². The van der Waals surface area contributed by atoms with Crippen LogP contribution >= 0.6 is 0 Å².